The van der Waals surface area contributed by atoms with Crippen LogP contribution in [0, 0.1) is 0 Å². The van der Waals surface area contributed by atoms with E-state index in [1.54, 1.807) is 11.5 Å². The largest absolute Gasteiger partial charge is 0.384 e. The highest BCUT2D eigenvalue weighted by atomic mass is 16.2. The highest BCUT2D eigenvalue weighted by Gasteiger charge is 2.21. The molecular formula is C22H26N8O3. The average molecular weight is 451 g/mol. The van der Waals surface area contributed by atoms with E-state index in [1.165, 1.54) is 6.20 Å². The normalized spacial score (nSPS) is 13.9. The summed E-state index contributed by atoms with van der Waals surface area (Å²) in [5.74, 6) is -0.503. The van der Waals surface area contributed by atoms with Gasteiger partial charge in [-0.05, 0) is 31.2 Å². The number of nitrogens with one attached hydrogen (secondary N) is 1. The molecule has 4 rings (SSSR count). The molecule has 0 aliphatic carbocycles. The number of carbonyl (C=O) groups is 2. The second-order valence-electron chi connectivity index (χ2n) is 7.79. The summed E-state index contributed by atoms with van der Waals surface area (Å²) < 4.78 is 1.56. The van der Waals surface area contributed by atoms with E-state index in [0.717, 1.165) is 24.5 Å². The molecule has 11 heteroatoms. The Morgan fingerprint density at radius 1 is 1.12 bits per heavy atom. The fourth-order valence-electron chi connectivity index (χ4n) is 4.02. The number of hydrogen-bond donors (Lipinski definition) is 3. The minimum absolute atomic E-state index is 0.0126. The van der Waals surface area contributed by atoms with Gasteiger partial charge in [-0.25, -0.2) is 4.98 Å². The van der Waals surface area contributed by atoms with Gasteiger partial charge in [-0.3, -0.25) is 14.4 Å². The number of hydrogen-bond acceptors (Lipinski definition) is 8. The average Bonchev–Trinajstić information content (AvgIpc) is 2.80. The fourth-order valence-corrected chi connectivity index (χ4v) is 4.02. The van der Waals surface area contributed by atoms with E-state index in [9.17, 15) is 14.4 Å². The molecule has 2 amide bonds. The number of benzene rings is 1. The SMILES string of the molecule is CCn1c(N)c(C(N)=O)c(=O)c2cnc(Nc3ccc(N4CCN(C(C)=O)CC4)cc3)nc21. The topological polar surface area (TPSA) is 152 Å². The Balaban J connectivity index is 1.57. The molecule has 3 heterocycles. The van der Waals surface area contributed by atoms with Crippen molar-refractivity contribution in [1.82, 2.24) is 19.4 Å². The quantitative estimate of drug-likeness (QED) is 0.518. The van der Waals surface area contributed by atoms with Crippen molar-refractivity contribution in [3.8, 4) is 0 Å². The smallest absolute Gasteiger partial charge is 0.256 e. The lowest BCUT2D eigenvalue weighted by atomic mass is 10.1. The first-order valence-electron chi connectivity index (χ1n) is 10.7. The number of amides is 2. The molecule has 1 fully saturated rings. The van der Waals surface area contributed by atoms with Gasteiger partial charge < -0.3 is 31.2 Å². The molecule has 11 nitrogen and oxygen atoms in total. The van der Waals surface area contributed by atoms with Gasteiger partial charge in [0.15, 0.2) is 5.65 Å². The van der Waals surface area contributed by atoms with Gasteiger partial charge in [0.2, 0.25) is 17.3 Å². The predicted octanol–water partition coefficient (Wildman–Crippen LogP) is 0.905. The number of nitrogens with two attached hydrogens (primary N) is 2. The summed E-state index contributed by atoms with van der Waals surface area (Å²) in [6, 6.07) is 7.81. The molecule has 0 saturated carbocycles. The van der Waals surface area contributed by atoms with Gasteiger partial charge in [-0.2, -0.15) is 4.98 Å². The highest BCUT2D eigenvalue weighted by Crippen LogP contribution is 2.23. The van der Waals surface area contributed by atoms with Gasteiger partial charge >= 0.3 is 0 Å². The zero-order chi connectivity index (χ0) is 23.7. The van der Waals surface area contributed by atoms with Gasteiger partial charge in [0.1, 0.15) is 11.4 Å². The van der Waals surface area contributed by atoms with Crippen LogP contribution >= 0.6 is 0 Å². The van der Waals surface area contributed by atoms with Crippen LogP contribution in [0.1, 0.15) is 24.2 Å². The maximum absolute atomic E-state index is 12.7. The van der Waals surface area contributed by atoms with Crippen molar-refractivity contribution in [1.29, 1.82) is 0 Å². The third-order valence-corrected chi connectivity index (χ3v) is 5.82. The molecule has 1 aliphatic rings. The summed E-state index contributed by atoms with van der Waals surface area (Å²) in [6.45, 7) is 6.79. The van der Waals surface area contributed by atoms with Crippen molar-refractivity contribution in [2.24, 2.45) is 5.73 Å². The van der Waals surface area contributed by atoms with Crippen LogP contribution < -0.4 is 27.1 Å². The lowest BCUT2D eigenvalue weighted by molar-refractivity contribution is -0.129. The van der Waals surface area contributed by atoms with E-state index in [0.29, 0.717) is 25.3 Å². The Morgan fingerprint density at radius 2 is 1.79 bits per heavy atom. The summed E-state index contributed by atoms with van der Waals surface area (Å²) in [4.78, 5) is 48.6. The molecule has 1 saturated heterocycles. The monoisotopic (exact) mass is 450 g/mol. The summed E-state index contributed by atoms with van der Waals surface area (Å²) in [7, 11) is 0. The molecule has 33 heavy (non-hydrogen) atoms. The van der Waals surface area contributed by atoms with Crippen molar-refractivity contribution >= 4 is 46.0 Å². The molecular weight excluding hydrogens is 424 g/mol. The maximum atomic E-state index is 12.7. The third-order valence-electron chi connectivity index (χ3n) is 5.82. The van der Waals surface area contributed by atoms with Gasteiger partial charge in [0.05, 0.1) is 5.39 Å². The Bertz CT molecular complexity index is 1280. The molecule has 1 aliphatic heterocycles. The zero-order valence-electron chi connectivity index (χ0n) is 18.5. The second-order valence-corrected chi connectivity index (χ2v) is 7.79. The van der Waals surface area contributed by atoms with Crippen molar-refractivity contribution in [2.75, 3.05) is 42.1 Å². The minimum atomic E-state index is -0.883. The molecule has 0 unspecified atom stereocenters. The van der Waals surface area contributed by atoms with Crippen LogP contribution in [-0.2, 0) is 11.3 Å². The number of nitrogen functional groups attached to an aromatic ring is 1. The van der Waals surface area contributed by atoms with Gasteiger partial charge in [-0.15, -0.1) is 0 Å². The standard InChI is InChI=1S/C22H26N8O3/c1-3-30-19(23)17(20(24)33)18(32)16-12-25-22(27-21(16)30)26-14-4-6-15(7-5-14)29-10-8-28(9-11-29)13(2)31/h4-7,12H,3,8-11,23H2,1-2H3,(H2,24,33)(H,25,26,27). The van der Waals surface area contributed by atoms with Crippen LogP contribution in [0.4, 0.5) is 23.1 Å². The first-order valence-corrected chi connectivity index (χ1v) is 10.7. The van der Waals surface area contributed by atoms with Crippen LogP contribution in [0.5, 0.6) is 0 Å². The predicted molar refractivity (Wildman–Crippen MR) is 127 cm³/mol. The molecule has 1 aromatic carbocycles. The van der Waals surface area contributed by atoms with Crippen LogP contribution in [0.2, 0.25) is 0 Å². The molecule has 0 atom stereocenters. The highest BCUT2D eigenvalue weighted by molar-refractivity contribution is 6.00. The summed E-state index contributed by atoms with van der Waals surface area (Å²) in [5, 5.41) is 3.31. The Kier molecular flexibility index (Phi) is 5.86. The first kappa shape index (κ1) is 22.1. The van der Waals surface area contributed by atoms with Crippen LogP contribution in [0.15, 0.2) is 35.3 Å². The number of carbonyl (C=O) groups excluding carboxylic acids is 2. The van der Waals surface area contributed by atoms with Crippen molar-refractivity contribution < 1.29 is 9.59 Å². The van der Waals surface area contributed by atoms with E-state index in [1.807, 2.05) is 36.1 Å². The van der Waals surface area contributed by atoms with Gasteiger partial charge in [-0.1, -0.05) is 0 Å². The van der Waals surface area contributed by atoms with Gasteiger partial charge in [0.25, 0.3) is 5.91 Å². The van der Waals surface area contributed by atoms with Crippen LogP contribution in [0.3, 0.4) is 0 Å². The number of aryl methyl sites for hydroxylation is 1. The molecule has 0 spiro atoms. The van der Waals surface area contributed by atoms with E-state index < -0.39 is 11.3 Å². The van der Waals surface area contributed by atoms with Crippen LogP contribution in [-0.4, -0.2) is 57.4 Å². The lowest BCUT2D eigenvalue weighted by Crippen LogP contribution is -2.48. The van der Waals surface area contributed by atoms with E-state index >= 15 is 0 Å². The molecule has 2 aromatic heterocycles. The summed E-state index contributed by atoms with van der Waals surface area (Å²) >= 11 is 0. The number of rotatable bonds is 5. The minimum Gasteiger partial charge on any atom is -0.384 e. The van der Waals surface area contributed by atoms with Gasteiger partial charge in [0, 0.05) is 57.2 Å². The van der Waals surface area contributed by atoms with Crippen molar-refractivity contribution in [3.05, 3.63) is 46.2 Å². The first-order chi connectivity index (χ1) is 15.8. The number of anilines is 4. The molecule has 3 aromatic rings. The Morgan fingerprint density at radius 3 is 2.36 bits per heavy atom. The number of fused-ring (bicyclic) bond motifs is 1. The molecule has 0 bridgehead atoms. The van der Waals surface area contributed by atoms with E-state index in [-0.39, 0.29) is 28.6 Å². The van der Waals surface area contributed by atoms with E-state index in [4.69, 9.17) is 11.5 Å². The Hall–Kier alpha value is -4.15. The van der Waals surface area contributed by atoms with Crippen LogP contribution in [0.25, 0.3) is 11.0 Å². The van der Waals surface area contributed by atoms with Crippen molar-refractivity contribution in [2.45, 2.75) is 20.4 Å². The number of piperazine rings is 1. The number of primary amides is 1. The lowest BCUT2D eigenvalue weighted by Gasteiger charge is -2.35. The number of pyridine rings is 1. The molecule has 172 valence electrons. The Labute approximate surface area is 190 Å². The summed E-state index contributed by atoms with van der Waals surface area (Å²) in [5.41, 5.74) is 12.7. The maximum Gasteiger partial charge on any atom is 0.256 e. The number of aromatic nitrogens is 3. The second kappa shape index (κ2) is 8.77. The van der Waals surface area contributed by atoms with E-state index in [2.05, 4.69) is 20.2 Å². The summed E-state index contributed by atoms with van der Waals surface area (Å²) in [6.07, 6.45) is 1.37. The molecule has 5 N–H and O–H groups in total. The van der Waals surface area contributed by atoms with Crippen molar-refractivity contribution in [3.63, 3.8) is 0 Å². The molecule has 0 radical (unpaired) electrons. The zero-order valence-corrected chi connectivity index (χ0v) is 18.5. The number of nitrogens with zero attached hydrogens (tertiary/aromatic N) is 5. The third kappa shape index (κ3) is 4.16. The fraction of sp³-hybridized carbons (Fsp3) is 0.318.